The third-order valence-corrected chi connectivity index (χ3v) is 8.13. The monoisotopic (exact) mass is 624 g/mol. The van der Waals surface area contributed by atoms with Gasteiger partial charge in [-0.2, -0.15) is 0 Å². The van der Waals surface area contributed by atoms with Crippen molar-refractivity contribution in [2.24, 2.45) is 5.92 Å². The number of hydrazine groups is 1. The fourth-order valence-corrected chi connectivity index (χ4v) is 5.42. The molecule has 1 aromatic rings. The summed E-state index contributed by atoms with van der Waals surface area (Å²) in [6.45, 7) is 5.18. The van der Waals surface area contributed by atoms with Gasteiger partial charge in [0.1, 0.15) is 22.8 Å². The minimum Gasteiger partial charge on any atom is -0.660 e. The minimum absolute atomic E-state index is 0. The maximum absolute atomic E-state index is 13.9. The predicted octanol–water partition coefficient (Wildman–Crippen LogP) is 2.58. The quantitative estimate of drug-likeness (QED) is 0.373. The summed E-state index contributed by atoms with van der Waals surface area (Å²) in [7, 11) is 4.81. The third kappa shape index (κ3) is 9.21. The zero-order valence-electron chi connectivity index (χ0n) is 25.3. The van der Waals surface area contributed by atoms with Gasteiger partial charge >= 0.3 is 51.4 Å². The first-order valence-corrected chi connectivity index (χ1v) is 15.0. The normalized spacial score (nSPS) is 24.4. The largest absolute Gasteiger partial charge is 1.00 e. The van der Waals surface area contributed by atoms with E-state index in [4.69, 9.17) is 19.5 Å². The van der Waals surface area contributed by atoms with E-state index in [0.717, 1.165) is 5.56 Å². The Morgan fingerprint density at radius 2 is 1.88 bits per heavy atom. The molecule has 0 aromatic heterocycles. The van der Waals surface area contributed by atoms with Crippen molar-refractivity contribution in [1.29, 1.82) is 0 Å². The topological polar surface area (TPSA) is 69.1 Å². The summed E-state index contributed by atoms with van der Waals surface area (Å²) in [5.41, 5.74) is 8.08. The van der Waals surface area contributed by atoms with E-state index in [1.54, 1.807) is 38.2 Å². The standard InChI is InChI=1S/C29H33F2N4O3S.C2H6.K/c1-35-18-25(36-2)22(17-24(35)27(30)31)21-16-20(10-11-29(37-3)12-14-38-15-13-29)6-8-23(21)32-28-34-33-26(39-28)9-7-19-4-5-19;1-2;/h6,8,16-19,24,26-28,33-34H,4-5,12-15H2,1-3H3;1-2H3;/q-1;;+1. The van der Waals surface area contributed by atoms with Gasteiger partial charge in [-0.1, -0.05) is 43.6 Å². The molecule has 42 heavy (non-hydrogen) atoms. The second kappa shape index (κ2) is 16.8. The molecule has 3 unspecified atom stereocenters. The fourth-order valence-electron chi connectivity index (χ4n) is 4.58. The molecule has 222 valence electrons. The molecular weight excluding hydrogens is 586 g/mol. The number of rotatable bonds is 6. The second-order valence-electron chi connectivity index (χ2n) is 9.91. The van der Waals surface area contributed by atoms with Crippen LogP contribution in [0.25, 0.3) is 10.9 Å². The molecule has 3 atom stereocenters. The number of benzene rings is 1. The molecule has 1 aliphatic carbocycles. The van der Waals surface area contributed by atoms with Crippen LogP contribution in [-0.2, 0) is 14.2 Å². The van der Waals surface area contributed by atoms with Crippen LogP contribution in [0.3, 0.4) is 0 Å². The van der Waals surface area contributed by atoms with E-state index >= 15 is 0 Å². The van der Waals surface area contributed by atoms with Crippen LogP contribution in [0.1, 0.15) is 50.7 Å². The Labute approximate surface area is 295 Å². The number of halogens is 2. The van der Waals surface area contributed by atoms with Crippen molar-refractivity contribution in [1.82, 2.24) is 15.8 Å². The van der Waals surface area contributed by atoms with Crippen LogP contribution in [0.15, 0.2) is 36.2 Å². The zero-order valence-corrected chi connectivity index (χ0v) is 29.2. The number of likely N-dealkylation sites (N-methyl/N-ethyl adjacent to an activating group) is 1. The number of alkyl halides is 2. The summed E-state index contributed by atoms with van der Waals surface area (Å²) in [5, 5.41) is 4.84. The molecule has 7 nitrogen and oxygen atoms in total. The van der Waals surface area contributed by atoms with Crippen LogP contribution in [0.2, 0.25) is 0 Å². The van der Waals surface area contributed by atoms with Gasteiger partial charge in [0.05, 0.1) is 20.3 Å². The Morgan fingerprint density at radius 3 is 2.52 bits per heavy atom. The van der Waals surface area contributed by atoms with E-state index in [-0.39, 0.29) is 62.3 Å². The van der Waals surface area contributed by atoms with E-state index < -0.39 is 18.1 Å². The Bertz CT molecular complexity index is 1250. The summed E-state index contributed by atoms with van der Waals surface area (Å²) in [6, 6.07) is 4.56. The van der Waals surface area contributed by atoms with E-state index in [0.29, 0.717) is 54.6 Å². The molecule has 2 saturated heterocycles. The van der Waals surface area contributed by atoms with Crippen molar-refractivity contribution in [3.05, 3.63) is 52.7 Å². The first-order valence-electron chi connectivity index (χ1n) is 14.1. The summed E-state index contributed by atoms with van der Waals surface area (Å²) in [5.74, 6) is 14.1. The third-order valence-electron chi connectivity index (χ3n) is 7.14. The van der Waals surface area contributed by atoms with Crippen LogP contribution in [-0.4, -0.2) is 68.3 Å². The van der Waals surface area contributed by atoms with Gasteiger partial charge < -0.3 is 24.4 Å². The Morgan fingerprint density at radius 1 is 1.14 bits per heavy atom. The molecule has 5 rings (SSSR count). The Kier molecular flexibility index (Phi) is 14.2. The van der Waals surface area contributed by atoms with Crippen molar-refractivity contribution >= 4 is 23.0 Å². The van der Waals surface area contributed by atoms with Crippen molar-refractivity contribution in [2.45, 2.75) is 68.5 Å². The molecule has 3 aliphatic heterocycles. The first kappa shape index (κ1) is 35.4. The van der Waals surface area contributed by atoms with Gasteiger partial charge in [0.2, 0.25) is 0 Å². The predicted molar refractivity (Wildman–Crippen MR) is 160 cm³/mol. The molecule has 0 radical (unpaired) electrons. The Hall–Kier alpha value is -1.09. The molecule has 1 aromatic carbocycles. The van der Waals surface area contributed by atoms with Crippen LogP contribution in [0, 0.1) is 29.6 Å². The number of hydrogen-bond acceptors (Lipinski definition) is 7. The van der Waals surface area contributed by atoms with Crippen molar-refractivity contribution in [3.63, 3.8) is 0 Å². The van der Waals surface area contributed by atoms with Crippen molar-refractivity contribution in [3.8, 4) is 23.7 Å². The fraction of sp³-hybridized carbons (Fsp3) is 0.548. The minimum atomic E-state index is -2.57. The number of allylic oxidation sites excluding steroid dienone is 1. The van der Waals surface area contributed by atoms with Gasteiger partial charge in [-0.05, 0) is 42.1 Å². The number of nitrogens with zero attached hydrogens (tertiary/aromatic N) is 2. The van der Waals surface area contributed by atoms with Crippen molar-refractivity contribution in [2.75, 3.05) is 34.5 Å². The molecular formula is C31H39F2KN4O3S. The number of ether oxygens (including phenoxy) is 3. The summed E-state index contributed by atoms with van der Waals surface area (Å²) in [6.07, 6.45) is 4.28. The average Bonchev–Trinajstić information content (AvgIpc) is 3.73. The molecule has 0 spiro atoms. The summed E-state index contributed by atoms with van der Waals surface area (Å²) < 4.78 is 44.7. The summed E-state index contributed by atoms with van der Waals surface area (Å²) in [4.78, 5) is 1.46. The maximum atomic E-state index is 13.9. The zero-order chi connectivity index (χ0) is 29.4. The molecule has 4 aliphatic rings. The van der Waals surface area contributed by atoms with Crippen LogP contribution in [0.5, 0.6) is 0 Å². The van der Waals surface area contributed by atoms with Gasteiger partial charge in [-0.15, -0.1) is 17.4 Å². The van der Waals surface area contributed by atoms with Crippen molar-refractivity contribution < 1.29 is 74.4 Å². The second-order valence-corrected chi connectivity index (χ2v) is 11.1. The van der Waals surface area contributed by atoms with E-state index in [9.17, 15) is 8.78 Å². The van der Waals surface area contributed by atoms with Gasteiger partial charge in [0, 0.05) is 50.3 Å². The average molecular weight is 625 g/mol. The molecule has 0 bridgehead atoms. The van der Waals surface area contributed by atoms with Crippen LogP contribution < -0.4 is 62.2 Å². The smallest absolute Gasteiger partial charge is 0.660 e. The van der Waals surface area contributed by atoms with E-state index in [2.05, 4.69) is 34.5 Å². The molecule has 3 heterocycles. The van der Waals surface area contributed by atoms with E-state index in [1.165, 1.54) is 24.9 Å². The number of methoxy groups -OCH3 is 2. The van der Waals surface area contributed by atoms with Gasteiger partial charge in [0.25, 0.3) is 6.43 Å². The van der Waals surface area contributed by atoms with Gasteiger partial charge in [-0.3, -0.25) is 5.43 Å². The molecule has 1 saturated carbocycles. The van der Waals surface area contributed by atoms with Gasteiger partial charge in [-0.25, -0.2) is 14.2 Å². The number of hydrogen-bond donors (Lipinski definition) is 2. The number of nitrogens with one attached hydrogen (secondary N) is 2. The molecule has 0 amide bonds. The van der Waals surface area contributed by atoms with E-state index in [1.807, 2.05) is 32.0 Å². The SMILES string of the molecule is CC.COC1=CN(C)C(C(F)F)C=C1c1cc(C#CC2(OC)CCOCC2)ccc1[N-]C1NNC(C#CC2CC2)S1.[K+]. The van der Waals surface area contributed by atoms with Crippen LogP contribution >= 0.6 is 11.8 Å². The first-order chi connectivity index (χ1) is 19.9. The number of thioether (sulfide) groups is 1. The van der Waals surface area contributed by atoms with Crippen LogP contribution in [0.4, 0.5) is 14.5 Å². The summed E-state index contributed by atoms with van der Waals surface area (Å²) >= 11 is 1.57. The Balaban J connectivity index is 0.00000158. The molecule has 3 fully saturated rings. The molecule has 11 heteroatoms. The molecule has 2 N–H and O–H groups in total. The van der Waals surface area contributed by atoms with Gasteiger partial charge in [0.15, 0.2) is 0 Å². The maximum Gasteiger partial charge on any atom is 1.00 e.